The van der Waals surface area contributed by atoms with Crippen LogP contribution in [0.5, 0.6) is 23.1 Å². The average molecular weight is 423 g/mol. The van der Waals surface area contributed by atoms with Crippen molar-refractivity contribution in [1.29, 1.82) is 5.26 Å². The molecule has 0 radical (unpaired) electrons. The van der Waals surface area contributed by atoms with Crippen molar-refractivity contribution in [2.75, 3.05) is 13.9 Å². The molecule has 5 rings (SSSR count). The lowest BCUT2D eigenvalue weighted by atomic mass is 9.83. The zero-order valence-corrected chi connectivity index (χ0v) is 16.5. The fourth-order valence-electron chi connectivity index (χ4n) is 3.69. The Labute approximate surface area is 176 Å². The minimum absolute atomic E-state index is 0.0171. The molecule has 1 atom stereocenters. The van der Waals surface area contributed by atoms with Gasteiger partial charge in [-0.05, 0) is 35.9 Å². The highest BCUT2D eigenvalue weighted by Crippen LogP contribution is 2.49. The second-order valence-corrected chi connectivity index (χ2v) is 7.10. The molecule has 0 fully saturated rings. The van der Waals surface area contributed by atoms with Crippen LogP contribution in [0.15, 0.2) is 47.9 Å². The normalized spacial score (nSPS) is 16.6. The summed E-state index contributed by atoms with van der Waals surface area (Å²) in [6.45, 7) is 0.111. The van der Waals surface area contributed by atoms with E-state index in [1.165, 1.54) is 0 Å². The number of hydrogen-bond acceptors (Lipinski definition) is 7. The van der Waals surface area contributed by atoms with Crippen LogP contribution in [0.3, 0.4) is 0 Å². The summed E-state index contributed by atoms with van der Waals surface area (Å²) in [6.07, 6.45) is 0. The predicted octanol–water partition coefficient (Wildman–Crippen LogP) is 3.69. The second-order valence-electron chi connectivity index (χ2n) is 6.70. The van der Waals surface area contributed by atoms with Gasteiger partial charge in [0.25, 0.3) is 0 Å². The number of hydrogen-bond donors (Lipinski definition) is 2. The van der Waals surface area contributed by atoms with Crippen molar-refractivity contribution < 1.29 is 18.9 Å². The molecule has 2 aromatic carbocycles. The maximum absolute atomic E-state index is 9.86. The smallest absolute Gasteiger partial charge is 0.244 e. The van der Waals surface area contributed by atoms with E-state index in [1.807, 2.05) is 24.3 Å². The van der Waals surface area contributed by atoms with E-state index < -0.39 is 5.92 Å². The van der Waals surface area contributed by atoms with E-state index in [0.29, 0.717) is 33.3 Å². The van der Waals surface area contributed by atoms with Gasteiger partial charge in [-0.3, -0.25) is 5.10 Å². The fraction of sp³-hybridized carbons (Fsp3) is 0.143. The Morgan fingerprint density at radius 1 is 1.23 bits per heavy atom. The Hall–Kier alpha value is -3.83. The van der Waals surface area contributed by atoms with Crippen molar-refractivity contribution in [2.24, 2.45) is 5.73 Å². The topological polar surface area (TPSA) is 115 Å². The van der Waals surface area contributed by atoms with Crippen LogP contribution in [-0.2, 0) is 0 Å². The molecule has 3 heterocycles. The largest absolute Gasteiger partial charge is 0.497 e. The van der Waals surface area contributed by atoms with Crippen LogP contribution in [-0.4, -0.2) is 24.1 Å². The number of H-pyrrole nitrogens is 1. The molecule has 2 aliphatic rings. The first-order valence-electron chi connectivity index (χ1n) is 9.00. The third-order valence-electron chi connectivity index (χ3n) is 5.12. The van der Waals surface area contributed by atoms with Crippen LogP contribution in [0.1, 0.15) is 17.0 Å². The number of methoxy groups -OCH3 is 1. The standard InChI is InChI=1S/C21H15ClN4O4/c1-27-11-4-2-10(3-5-11)19-18-17(13(8-23)20(24)30-21(18)26-25-19)12-6-15-16(7-14(12)22)29-9-28-15/h2-7,17H,9,24H2,1H3,(H,25,26)/t17-/m0/s1. The molecular formula is C21H15ClN4O4. The van der Waals surface area contributed by atoms with E-state index in [9.17, 15) is 5.26 Å². The Bertz CT molecular complexity index is 1230. The molecular weight excluding hydrogens is 408 g/mol. The van der Waals surface area contributed by atoms with Crippen molar-refractivity contribution in [3.8, 4) is 40.5 Å². The number of aromatic amines is 1. The number of fused-ring (bicyclic) bond motifs is 2. The van der Waals surface area contributed by atoms with Crippen molar-refractivity contribution in [3.05, 3.63) is 64.0 Å². The van der Waals surface area contributed by atoms with Crippen LogP contribution in [0.4, 0.5) is 0 Å². The van der Waals surface area contributed by atoms with Crippen LogP contribution in [0, 0.1) is 11.3 Å². The van der Waals surface area contributed by atoms with E-state index in [2.05, 4.69) is 16.3 Å². The van der Waals surface area contributed by atoms with Crippen molar-refractivity contribution in [2.45, 2.75) is 5.92 Å². The molecule has 30 heavy (non-hydrogen) atoms. The summed E-state index contributed by atoms with van der Waals surface area (Å²) in [5, 5.41) is 17.5. The molecule has 3 N–H and O–H groups in total. The number of nitrogens with zero attached hydrogens (tertiary/aromatic N) is 2. The summed E-state index contributed by atoms with van der Waals surface area (Å²) in [4.78, 5) is 0. The number of allylic oxidation sites excluding steroid dienone is 1. The molecule has 1 aromatic heterocycles. The summed E-state index contributed by atoms with van der Waals surface area (Å²) < 4.78 is 21.8. The van der Waals surface area contributed by atoms with Gasteiger partial charge in [0.15, 0.2) is 11.5 Å². The van der Waals surface area contributed by atoms with Gasteiger partial charge in [0.05, 0.1) is 24.3 Å². The maximum atomic E-state index is 9.86. The minimum Gasteiger partial charge on any atom is -0.497 e. The summed E-state index contributed by atoms with van der Waals surface area (Å²) in [5.41, 5.74) is 9.11. The Morgan fingerprint density at radius 2 is 1.97 bits per heavy atom. The molecule has 0 saturated heterocycles. The van der Waals surface area contributed by atoms with Gasteiger partial charge in [-0.1, -0.05) is 11.6 Å². The lowest BCUT2D eigenvalue weighted by Gasteiger charge is -2.25. The Kier molecular flexibility index (Phi) is 4.19. The number of aromatic nitrogens is 2. The first kappa shape index (κ1) is 18.2. The van der Waals surface area contributed by atoms with Crippen LogP contribution in [0.2, 0.25) is 5.02 Å². The minimum atomic E-state index is -0.600. The van der Waals surface area contributed by atoms with Gasteiger partial charge in [0.2, 0.25) is 18.6 Å². The number of nitrogens with two attached hydrogens (primary N) is 1. The SMILES string of the molecule is COc1ccc(-c2[nH]nc3c2[C@@H](c2cc4c(cc2Cl)OCO4)C(C#N)=C(N)O3)cc1. The van der Waals surface area contributed by atoms with E-state index in [1.54, 1.807) is 19.2 Å². The molecule has 3 aromatic rings. The highest BCUT2D eigenvalue weighted by atomic mass is 35.5. The van der Waals surface area contributed by atoms with E-state index in [-0.39, 0.29) is 24.1 Å². The van der Waals surface area contributed by atoms with Gasteiger partial charge >= 0.3 is 0 Å². The molecule has 0 amide bonds. The number of nitriles is 1. The Balaban J connectivity index is 1.72. The molecule has 0 bridgehead atoms. The zero-order valence-electron chi connectivity index (χ0n) is 15.7. The van der Waals surface area contributed by atoms with Crippen molar-refractivity contribution >= 4 is 11.6 Å². The number of rotatable bonds is 3. The highest BCUT2D eigenvalue weighted by Gasteiger charge is 2.37. The molecule has 0 aliphatic carbocycles. The summed E-state index contributed by atoms with van der Waals surface area (Å²) in [5.74, 6) is 1.49. The lowest BCUT2D eigenvalue weighted by Crippen LogP contribution is -2.21. The predicted molar refractivity (Wildman–Crippen MR) is 107 cm³/mol. The number of halogens is 1. The zero-order chi connectivity index (χ0) is 20.8. The number of nitrogens with one attached hydrogen (secondary N) is 1. The summed E-state index contributed by atoms with van der Waals surface area (Å²) >= 11 is 6.59. The van der Waals surface area contributed by atoms with Gasteiger partial charge < -0.3 is 24.7 Å². The molecule has 8 nitrogen and oxygen atoms in total. The average Bonchev–Trinajstić information content (AvgIpc) is 3.38. The van der Waals surface area contributed by atoms with Gasteiger partial charge in [-0.25, -0.2) is 0 Å². The van der Waals surface area contributed by atoms with Crippen molar-refractivity contribution in [3.63, 3.8) is 0 Å². The van der Waals surface area contributed by atoms with E-state index in [0.717, 1.165) is 11.3 Å². The summed E-state index contributed by atoms with van der Waals surface area (Å²) in [6, 6.07) is 13.0. The second kappa shape index (κ2) is 6.90. The highest BCUT2D eigenvalue weighted by molar-refractivity contribution is 6.31. The third kappa shape index (κ3) is 2.71. The van der Waals surface area contributed by atoms with E-state index >= 15 is 0 Å². The molecule has 2 aliphatic heterocycles. The van der Waals surface area contributed by atoms with Gasteiger partial charge in [-0.15, -0.1) is 5.10 Å². The van der Waals surface area contributed by atoms with E-state index in [4.69, 9.17) is 36.3 Å². The maximum Gasteiger partial charge on any atom is 0.244 e. The van der Waals surface area contributed by atoms with Crippen LogP contribution >= 0.6 is 11.6 Å². The van der Waals surface area contributed by atoms with Crippen molar-refractivity contribution in [1.82, 2.24) is 10.2 Å². The first-order chi connectivity index (χ1) is 14.6. The molecule has 9 heteroatoms. The third-order valence-corrected chi connectivity index (χ3v) is 5.45. The molecule has 150 valence electrons. The summed E-state index contributed by atoms with van der Waals surface area (Å²) in [7, 11) is 1.60. The van der Waals surface area contributed by atoms with Gasteiger partial charge in [0, 0.05) is 16.7 Å². The van der Waals surface area contributed by atoms with Crippen LogP contribution < -0.4 is 24.7 Å². The van der Waals surface area contributed by atoms with Crippen LogP contribution in [0.25, 0.3) is 11.3 Å². The lowest BCUT2D eigenvalue weighted by molar-refractivity contribution is 0.174. The van der Waals surface area contributed by atoms with Gasteiger partial charge in [-0.2, -0.15) is 5.26 Å². The molecule has 0 unspecified atom stereocenters. The molecule has 0 spiro atoms. The van der Waals surface area contributed by atoms with Gasteiger partial charge in [0.1, 0.15) is 17.4 Å². The Morgan fingerprint density at radius 3 is 2.67 bits per heavy atom. The fourth-order valence-corrected chi connectivity index (χ4v) is 3.95. The quantitative estimate of drug-likeness (QED) is 0.661. The molecule has 0 saturated carbocycles. The number of benzene rings is 2. The number of ether oxygens (including phenoxy) is 4. The monoisotopic (exact) mass is 422 g/mol. The first-order valence-corrected chi connectivity index (χ1v) is 9.37.